The average molecular weight is 290 g/mol. The van der Waals surface area contributed by atoms with E-state index in [1.165, 1.54) is 11.1 Å². The van der Waals surface area contributed by atoms with E-state index < -0.39 is 0 Å². The summed E-state index contributed by atoms with van der Waals surface area (Å²) in [5, 5.41) is 0. The summed E-state index contributed by atoms with van der Waals surface area (Å²) in [6.45, 7) is 4.41. The van der Waals surface area contributed by atoms with Gasteiger partial charge in [-0.15, -0.1) is 0 Å². The number of halogens is 1. The molecule has 0 aliphatic heterocycles. The maximum absolute atomic E-state index is 5.50. The van der Waals surface area contributed by atoms with Crippen LogP contribution in [-0.4, -0.2) is 6.61 Å². The zero-order chi connectivity index (χ0) is 12.1. The van der Waals surface area contributed by atoms with Gasteiger partial charge in [0, 0.05) is 4.47 Å². The standard InChI is InChI=1S/C15H14BrO/c1-2-11-17-15-9-5-13(6-10-15)12-3-7-14(16)8-4-12/h3-10H,1-2,11H2. The molecule has 0 saturated heterocycles. The highest BCUT2D eigenvalue weighted by atomic mass is 79.9. The van der Waals surface area contributed by atoms with Crippen LogP contribution in [0.1, 0.15) is 6.42 Å². The normalized spacial score (nSPS) is 10.2. The summed E-state index contributed by atoms with van der Waals surface area (Å²) in [5.74, 6) is 0.898. The Kier molecular flexibility index (Phi) is 4.21. The van der Waals surface area contributed by atoms with Crippen LogP contribution in [-0.2, 0) is 0 Å². The van der Waals surface area contributed by atoms with Crippen molar-refractivity contribution in [3.63, 3.8) is 0 Å². The minimum absolute atomic E-state index is 0.664. The van der Waals surface area contributed by atoms with Gasteiger partial charge in [-0.1, -0.05) is 40.2 Å². The van der Waals surface area contributed by atoms with Crippen LogP contribution in [0.2, 0.25) is 0 Å². The van der Waals surface area contributed by atoms with Crippen molar-refractivity contribution >= 4 is 15.9 Å². The largest absolute Gasteiger partial charge is 0.494 e. The van der Waals surface area contributed by atoms with Crippen molar-refractivity contribution < 1.29 is 4.74 Å². The Bertz CT molecular complexity index is 459. The second-order valence-corrected chi connectivity index (χ2v) is 4.65. The van der Waals surface area contributed by atoms with Crippen molar-refractivity contribution in [1.29, 1.82) is 0 Å². The predicted molar refractivity (Wildman–Crippen MR) is 75.0 cm³/mol. The number of benzene rings is 2. The fraction of sp³-hybridized carbons (Fsp3) is 0.133. The monoisotopic (exact) mass is 289 g/mol. The predicted octanol–water partition coefficient (Wildman–Crippen LogP) is 4.72. The molecule has 1 radical (unpaired) electrons. The van der Waals surface area contributed by atoms with Crippen molar-refractivity contribution in [2.75, 3.05) is 6.61 Å². The first-order valence-corrected chi connectivity index (χ1v) is 6.37. The van der Waals surface area contributed by atoms with Crippen LogP contribution in [0, 0.1) is 6.92 Å². The van der Waals surface area contributed by atoms with E-state index >= 15 is 0 Å². The van der Waals surface area contributed by atoms with Gasteiger partial charge < -0.3 is 4.74 Å². The van der Waals surface area contributed by atoms with Gasteiger partial charge in [-0.05, 0) is 48.7 Å². The lowest BCUT2D eigenvalue weighted by molar-refractivity contribution is 0.324. The lowest BCUT2D eigenvalue weighted by Crippen LogP contribution is -1.94. The molecule has 87 valence electrons. The summed E-state index contributed by atoms with van der Waals surface area (Å²) in [4.78, 5) is 0. The Hall–Kier alpha value is -1.28. The molecule has 0 amide bonds. The highest BCUT2D eigenvalue weighted by Gasteiger charge is 1.98. The molecule has 0 atom stereocenters. The molecule has 0 bridgehead atoms. The van der Waals surface area contributed by atoms with Crippen LogP contribution >= 0.6 is 15.9 Å². The summed E-state index contributed by atoms with van der Waals surface area (Å²) in [6.07, 6.45) is 0.786. The first-order chi connectivity index (χ1) is 8.29. The van der Waals surface area contributed by atoms with Gasteiger partial charge in [-0.25, -0.2) is 0 Å². The molecule has 2 aromatic carbocycles. The quantitative estimate of drug-likeness (QED) is 0.791. The van der Waals surface area contributed by atoms with E-state index in [2.05, 4.69) is 47.1 Å². The number of rotatable bonds is 4. The highest BCUT2D eigenvalue weighted by Crippen LogP contribution is 2.24. The molecular weight excluding hydrogens is 276 g/mol. The first kappa shape index (κ1) is 12.2. The first-order valence-electron chi connectivity index (χ1n) is 5.57. The lowest BCUT2D eigenvalue weighted by atomic mass is 10.1. The molecule has 0 saturated carbocycles. The topological polar surface area (TPSA) is 9.23 Å². The van der Waals surface area contributed by atoms with Crippen LogP contribution in [0.15, 0.2) is 53.0 Å². The minimum atomic E-state index is 0.664. The van der Waals surface area contributed by atoms with E-state index in [-0.39, 0.29) is 0 Å². The van der Waals surface area contributed by atoms with E-state index in [1.807, 2.05) is 24.3 Å². The van der Waals surface area contributed by atoms with E-state index in [4.69, 9.17) is 4.74 Å². The van der Waals surface area contributed by atoms with Gasteiger partial charge in [-0.2, -0.15) is 0 Å². The van der Waals surface area contributed by atoms with Crippen molar-refractivity contribution in [2.24, 2.45) is 0 Å². The number of hydrogen-bond donors (Lipinski definition) is 0. The Labute approximate surface area is 111 Å². The molecule has 0 heterocycles. The highest BCUT2D eigenvalue weighted by molar-refractivity contribution is 9.10. The molecule has 0 N–H and O–H groups in total. The summed E-state index contributed by atoms with van der Waals surface area (Å²) < 4.78 is 6.59. The van der Waals surface area contributed by atoms with Crippen LogP contribution in [0.5, 0.6) is 5.75 Å². The molecule has 1 nitrogen and oxygen atoms in total. The van der Waals surface area contributed by atoms with Crippen LogP contribution in [0.3, 0.4) is 0 Å². The fourth-order valence-electron chi connectivity index (χ4n) is 1.58. The molecule has 2 aromatic rings. The third-order valence-electron chi connectivity index (χ3n) is 2.44. The molecule has 2 rings (SSSR count). The van der Waals surface area contributed by atoms with E-state index in [1.54, 1.807) is 0 Å². The molecular formula is C15H14BrO. The molecule has 0 fully saturated rings. The van der Waals surface area contributed by atoms with E-state index in [9.17, 15) is 0 Å². The Morgan fingerprint density at radius 3 is 1.94 bits per heavy atom. The Morgan fingerprint density at radius 2 is 1.41 bits per heavy atom. The molecule has 0 aliphatic carbocycles. The zero-order valence-corrected chi connectivity index (χ0v) is 11.1. The molecule has 2 heteroatoms. The summed E-state index contributed by atoms with van der Waals surface area (Å²) in [6, 6.07) is 16.4. The summed E-state index contributed by atoms with van der Waals surface area (Å²) in [5.41, 5.74) is 2.40. The molecule has 17 heavy (non-hydrogen) atoms. The molecule has 0 spiro atoms. The van der Waals surface area contributed by atoms with E-state index in [0.717, 1.165) is 16.6 Å². The Morgan fingerprint density at radius 1 is 0.882 bits per heavy atom. The summed E-state index contributed by atoms with van der Waals surface area (Å²) in [7, 11) is 0. The number of ether oxygens (including phenoxy) is 1. The average Bonchev–Trinajstić information content (AvgIpc) is 2.38. The smallest absolute Gasteiger partial charge is 0.119 e. The van der Waals surface area contributed by atoms with Gasteiger partial charge in [-0.3, -0.25) is 0 Å². The van der Waals surface area contributed by atoms with Gasteiger partial charge in [0.2, 0.25) is 0 Å². The van der Waals surface area contributed by atoms with Crippen LogP contribution < -0.4 is 4.74 Å². The molecule has 0 unspecified atom stereocenters. The van der Waals surface area contributed by atoms with Gasteiger partial charge in [0.05, 0.1) is 6.61 Å². The van der Waals surface area contributed by atoms with Crippen molar-refractivity contribution in [1.82, 2.24) is 0 Å². The Balaban J connectivity index is 2.14. The second-order valence-electron chi connectivity index (χ2n) is 3.73. The van der Waals surface area contributed by atoms with Gasteiger partial charge in [0.25, 0.3) is 0 Å². The van der Waals surface area contributed by atoms with Crippen LogP contribution in [0.25, 0.3) is 11.1 Å². The number of hydrogen-bond acceptors (Lipinski definition) is 1. The SMILES string of the molecule is [CH2]CCOc1ccc(-c2ccc(Br)cc2)cc1. The second kappa shape index (κ2) is 5.87. The van der Waals surface area contributed by atoms with Gasteiger partial charge in [0.15, 0.2) is 0 Å². The molecule has 0 aliphatic rings. The molecule has 0 aromatic heterocycles. The zero-order valence-electron chi connectivity index (χ0n) is 9.53. The van der Waals surface area contributed by atoms with Crippen molar-refractivity contribution in [3.8, 4) is 16.9 Å². The minimum Gasteiger partial charge on any atom is -0.494 e. The van der Waals surface area contributed by atoms with E-state index in [0.29, 0.717) is 6.61 Å². The fourth-order valence-corrected chi connectivity index (χ4v) is 1.84. The summed E-state index contributed by atoms with van der Waals surface area (Å²) >= 11 is 3.43. The van der Waals surface area contributed by atoms with Crippen LogP contribution in [0.4, 0.5) is 0 Å². The maximum Gasteiger partial charge on any atom is 0.119 e. The maximum atomic E-state index is 5.50. The lowest BCUT2D eigenvalue weighted by Gasteiger charge is -2.06. The third kappa shape index (κ3) is 3.34. The van der Waals surface area contributed by atoms with Crippen molar-refractivity contribution in [2.45, 2.75) is 6.42 Å². The third-order valence-corrected chi connectivity index (χ3v) is 2.97. The van der Waals surface area contributed by atoms with Crippen molar-refractivity contribution in [3.05, 3.63) is 59.9 Å². The van der Waals surface area contributed by atoms with Gasteiger partial charge in [0.1, 0.15) is 5.75 Å². The van der Waals surface area contributed by atoms with Gasteiger partial charge >= 0.3 is 0 Å².